The largest absolute Gasteiger partial charge is 1.00 e. The van der Waals surface area contributed by atoms with Crippen LogP contribution in [-0.4, -0.2) is 24.6 Å². The van der Waals surface area contributed by atoms with Crippen LogP contribution in [0.1, 0.15) is 76.7 Å². The molecule has 1 unspecified atom stereocenters. The van der Waals surface area contributed by atoms with Crippen molar-refractivity contribution in [2.24, 2.45) is 0 Å². The Balaban J connectivity index is 0.00000576. The lowest BCUT2D eigenvalue weighted by Crippen LogP contribution is -3.00. The molecule has 0 fully saturated rings. The standard InChI is InChI=1S/C23H40N.ClH/c1-4-6-7-8-9-10-11-12-13-17-21-24(3,20-5-2)22-23-18-15-14-16-19-23;/h5,14-16,18-19H,2,4,6-13,17,20-22H2,1,3H3;1H/q+1;/p-1. The second kappa shape index (κ2) is 15.5. The second-order valence-electron chi connectivity index (χ2n) is 7.64. The number of halogens is 1. The second-order valence-corrected chi connectivity index (χ2v) is 7.64. The number of quaternary nitrogens is 1. The van der Waals surface area contributed by atoms with Crippen molar-refractivity contribution in [2.45, 2.75) is 77.7 Å². The predicted molar refractivity (Wildman–Crippen MR) is 108 cm³/mol. The summed E-state index contributed by atoms with van der Waals surface area (Å²) in [4.78, 5) is 0. The molecule has 1 rings (SSSR count). The number of hydrogen-bond acceptors (Lipinski definition) is 0. The van der Waals surface area contributed by atoms with Crippen molar-refractivity contribution in [2.75, 3.05) is 20.1 Å². The van der Waals surface area contributed by atoms with E-state index in [-0.39, 0.29) is 12.4 Å². The molecule has 0 saturated heterocycles. The summed E-state index contributed by atoms with van der Waals surface area (Å²) >= 11 is 0. The molecule has 1 aromatic rings. The quantitative estimate of drug-likeness (QED) is 0.252. The van der Waals surface area contributed by atoms with Crippen molar-refractivity contribution in [1.82, 2.24) is 0 Å². The third kappa shape index (κ3) is 12.2. The third-order valence-electron chi connectivity index (χ3n) is 5.03. The van der Waals surface area contributed by atoms with E-state index in [1.807, 2.05) is 0 Å². The Morgan fingerprint density at radius 2 is 1.36 bits per heavy atom. The fourth-order valence-electron chi connectivity index (χ4n) is 3.55. The van der Waals surface area contributed by atoms with E-state index in [4.69, 9.17) is 0 Å². The summed E-state index contributed by atoms with van der Waals surface area (Å²) < 4.78 is 1.09. The number of benzene rings is 1. The van der Waals surface area contributed by atoms with E-state index in [0.29, 0.717) is 0 Å². The number of rotatable bonds is 15. The van der Waals surface area contributed by atoms with Crippen molar-refractivity contribution < 1.29 is 16.9 Å². The molecule has 1 aromatic carbocycles. The zero-order chi connectivity index (χ0) is 17.5. The fraction of sp³-hybridized carbons (Fsp3) is 0.652. The lowest BCUT2D eigenvalue weighted by molar-refractivity contribution is -0.917. The smallest absolute Gasteiger partial charge is 0.104 e. The van der Waals surface area contributed by atoms with Gasteiger partial charge >= 0.3 is 0 Å². The van der Waals surface area contributed by atoms with Crippen LogP contribution in [0.4, 0.5) is 0 Å². The first-order valence-corrected chi connectivity index (χ1v) is 10.2. The van der Waals surface area contributed by atoms with Gasteiger partial charge in [-0.2, -0.15) is 0 Å². The van der Waals surface area contributed by atoms with E-state index < -0.39 is 0 Å². The van der Waals surface area contributed by atoms with Gasteiger partial charge in [-0.15, -0.1) is 0 Å². The molecular formula is C23H40ClN. The molecule has 0 heterocycles. The average molecular weight is 366 g/mol. The van der Waals surface area contributed by atoms with Crippen LogP contribution in [0, 0.1) is 0 Å². The van der Waals surface area contributed by atoms with Gasteiger partial charge in [0, 0.05) is 5.56 Å². The Morgan fingerprint density at radius 3 is 1.88 bits per heavy atom. The Morgan fingerprint density at radius 1 is 0.840 bits per heavy atom. The van der Waals surface area contributed by atoms with E-state index in [1.165, 1.54) is 76.3 Å². The van der Waals surface area contributed by atoms with Crippen molar-refractivity contribution in [3.05, 3.63) is 48.6 Å². The Hall–Kier alpha value is -0.790. The Labute approximate surface area is 163 Å². The topological polar surface area (TPSA) is 0 Å². The molecule has 0 radical (unpaired) electrons. The molecule has 0 aromatic heterocycles. The summed E-state index contributed by atoms with van der Waals surface area (Å²) in [6.45, 7) is 9.70. The van der Waals surface area contributed by atoms with Gasteiger partial charge in [-0.25, -0.2) is 0 Å². The Kier molecular flexibility index (Phi) is 15.0. The van der Waals surface area contributed by atoms with Gasteiger partial charge in [-0.05, 0) is 18.9 Å². The highest BCUT2D eigenvalue weighted by atomic mass is 35.5. The molecule has 0 saturated carbocycles. The molecule has 0 aliphatic carbocycles. The molecular weight excluding hydrogens is 326 g/mol. The molecule has 0 bridgehead atoms. The van der Waals surface area contributed by atoms with E-state index in [2.05, 4.69) is 57.0 Å². The molecule has 0 aliphatic heterocycles. The van der Waals surface area contributed by atoms with Crippen LogP contribution in [0.2, 0.25) is 0 Å². The normalized spacial score (nSPS) is 13.0. The minimum absolute atomic E-state index is 0. The first-order chi connectivity index (χ1) is 11.7. The van der Waals surface area contributed by atoms with E-state index in [1.54, 1.807) is 0 Å². The van der Waals surface area contributed by atoms with E-state index >= 15 is 0 Å². The zero-order valence-electron chi connectivity index (χ0n) is 16.7. The molecule has 0 N–H and O–H groups in total. The monoisotopic (exact) mass is 365 g/mol. The van der Waals surface area contributed by atoms with Gasteiger partial charge in [0.15, 0.2) is 0 Å². The maximum absolute atomic E-state index is 3.97. The molecule has 0 amide bonds. The van der Waals surface area contributed by atoms with Gasteiger partial charge in [0.25, 0.3) is 0 Å². The van der Waals surface area contributed by atoms with Gasteiger partial charge < -0.3 is 16.9 Å². The molecule has 0 aliphatic rings. The number of nitrogens with zero attached hydrogens (tertiary/aromatic N) is 1. The molecule has 25 heavy (non-hydrogen) atoms. The molecule has 1 nitrogen and oxygen atoms in total. The highest BCUT2D eigenvalue weighted by Gasteiger charge is 2.19. The summed E-state index contributed by atoms with van der Waals surface area (Å²) in [5.41, 5.74) is 1.44. The van der Waals surface area contributed by atoms with Gasteiger partial charge in [-0.1, -0.05) is 95.2 Å². The zero-order valence-corrected chi connectivity index (χ0v) is 17.4. The van der Waals surface area contributed by atoms with Crippen LogP contribution >= 0.6 is 0 Å². The highest BCUT2D eigenvalue weighted by Crippen LogP contribution is 2.16. The van der Waals surface area contributed by atoms with Crippen LogP contribution in [0.5, 0.6) is 0 Å². The summed E-state index contributed by atoms with van der Waals surface area (Å²) in [6, 6.07) is 10.9. The van der Waals surface area contributed by atoms with Crippen LogP contribution in [0.3, 0.4) is 0 Å². The Bertz CT molecular complexity index is 417. The van der Waals surface area contributed by atoms with Gasteiger partial charge in [0.05, 0.1) is 20.1 Å². The van der Waals surface area contributed by atoms with Crippen molar-refractivity contribution in [1.29, 1.82) is 0 Å². The minimum atomic E-state index is 0. The first-order valence-electron chi connectivity index (χ1n) is 10.2. The first kappa shape index (κ1) is 24.2. The lowest BCUT2D eigenvalue weighted by atomic mass is 10.1. The van der Waals surface area contributed by atoms with Crippen LogP contribution in [0.15, 0.2) is 43.0 Å². The van der Waals surface area contributed by atoms with Crippen molar-refractivity contribution >= 4 is 0 Å². The van der Waals surface area contributed by atoms with Crippen LogP contribution in [-0.2, 0) is 6.54 Å². The summed E-state index contributed by atoms with van der Waals surface area (Å²) in [5, 5.41) is 0. The van der Waals surface area contributed by atoms with Gasteiger partial charge in [0.1, 0.15) is 6.54 Å². The van der Waals surface area contributed by atoms with E-state index in [0.717, 1.165) is 17.6 Å². The van der Waals surface area contributed by atoms with E-state index in [9.17, 15) is 0 Å². The molecule has 2 heteroatoms. The number of unbranched alkanes of at least 4 members (excludes halogenated alkanes) is 9. The summed E-state index contributed by atoms with van der Waals surface area (Å²) in [6.07, 6.45) is 16.2. The van der Waals surface area contributed by atoms with Gasteiger partial charge in [-0.3, -0.25) is 0 Å². The van der Waals surface area contributed by atoms with Crippen LogP contribution < -0.4 is 12.4 Å². The average Bonchev–Trinajstić information content (AvgIpc) is 2.57. The summed E-state index contributed by atoms with van der Waals surface area (Å²) in [5.74, 6) is 0. The molecule has 144 valence electrons. The maximum atomic E-state index is 3.97. The minimum Gasteiger partial charge on any atom is -1.00 e. The number of hydrogen-bond donors (Lipinski definition) is 0. The molecule has 0 spiro atoms. The highest BCUT2D eigenvalue weighted by molar-refractivity contribution is 5.13. The maximum Gasteiger partial charge on any atom is 0.104 e. The third-order valence-corrected chi connectivity index (χ3v) is 5.03. The van der Waals surface area contributed by atoms with Gasteiger partial charge in [0.2, 0.25) is 0 Å². The van der Waals surface area contributed by atoms with Crippen molar-refractivity contribution in [3.63, 3.8) is 0 Å². The fourth-order valence-corrected chi connectivity index (χ4v) is 3.55. The lowest BCUT2D eigenvalue weighted by Gasteiger charge is -2.34. The van der Waals surface area contributed by atoms with Crippen LogP contribution in [0.25, 0.3) is 0 Å². The predicted octanol–water partition coefficient (Wildman–Crippen LogP) is 3.74. The molecule has 1 atom stereocenters. The van der Waals surface area contributed by atoms with Crippen molar-refractivity contribution in [3.8, 4) is 0 Å². The SMILES string of the molecule is C=CC[N+](C)(CCCCCCCCCCCC)Cc1ccccc1.[Cl-]. The summed E-state index contributed by atoms with van der Waals surface area (Å²) in [7, 11) is 2.38. The number of likely N-dealkylation sites (N-methyl/N-ethyl adjacent to an activating group) is 1.